The maximum Gasteiger partial charge on any atom is 0.254 e. The molecule has 0 aliphatic heterocycles. The molecule has 0 radical (unpaired) electrons. The lowest BCUT2D eigenvalue weighted by atomic mass is 10.2. The molecule has 1 amide bonds. The van der Waals surface area contributed by atoms with E-state index in [9.17, 15) is 4.79 Å². The minimum Gasteiger partial charge on any atom is -0.481 e. The molecule has 0 saturated heterocycles. The van der Waals surface area contributed by atoms with Crippen molar-refractivity contribution in [2.75, 3.05) is 7.11 Å². The Labute approximate surface area is 122 Å². The SMILES string of the molecule is COc1cc(CNC(=O)c2cnc(C)cc2Cl)ccn1. The van der Waals surface area contributed by atoms with Crippen LogP contribution in [0.15, 0.2) is 30.6 Å². The van der Waals surface area contributed by atoms with E-state index in [0.717, 1.165) is 11.3 Å². The van der Waals surface area contributed by atoms with Gasteiger partial charge in [-0.05, 0) is 24.6 Å². The zero-order chi connectivity index (χ0) is 14.5. The second kappa shape index (κ2) is 6.34. The van der Waals surface area contributed by atoms with Crippen molar-refractivity contribution in [2.24, 2.45) is 0 Å². The lowest BCUT2D eigenvalue weighted by molar-refractivity contribution is 0.0950. The smallest absolute Gasteiger partial charge is 0.254 e. The van der Waals surface area contributed by atoms with Gasteiger partial charge in [-0.1, -0.05) is 11.6 Å². The van der Waals surface area contributed by atoms with Crippen molar-refractivity contribution in [1.29, 1.82) is 0 Å². The van der Waals surface area contributed by atoms with Crippen LogP contribution >= 0.6 is 11.6 Å². The molecule has 2 aromatic heterocycles. The molecule has 0 aliphatic carbocycles. The van der Waals surface area contributed by atoms with Gasteiger partial charge >= 0.3 is 0 Å². The number of pyridine rings is 2. The Bertz CT molecular complexity index is 632. The van der Waals surface area contributed by atoms with Crippen LogP contribution in [0.2, 0.25) is 5.02 Å². The minimum absolute atomic E-state index is 0.265. The van der Waals surface area contributed by atoms with Crippen molar-refractivity contribution >= 4 is 17.5 Å². The first-order valence-electron chi connectivity index (χ1n) is 5.99. The van der Waals surface area contributed by atoms with E-state index in [2.05, 4.69) is 15.3 Å². The van der Waals surface area contributed by atoms with Crippen LogP contribution in [0.4, 0.5) is 0 Å². The van der Waals surface area contributed by atoms with E-state index >= 15 is 0 Å². The van der Waals surface area contributed by atoms with Gasteiger partial charge in [0.15, 0.2) is 0 Å². The number of carbonyl (C=O) groups excluding carboxylic acids is 1. The molecule has 104 valence electrons. The molecule has 0 bridgehead atoms. The van der Waals surface area contributed by atoms with Gasteiger partial charge in [0.2, 0.25) is 5.88 Å². The van der Waals surface area contributed by atoms with Crippen molar-refractivity contribution in [3.8, 4) is 5.88 Å². The molecular weight excluding hydrogens is 278 g/mol. The molecule has 0 unspecified atom stereocenters. The standard InChI is InChI=1S/C14H14ClN3O2/c1-9-5-12(15)11(8-17-9)14(19)18-7-10-3-4-16-13(6-10)20-2/h3-6,8H,7H2,1-2H3,(H,18,19). The Kier molecular flexibility index (Phi) is 4.53. The van der Waals surface area contributed by atoms with Crippen LogP contribution in [0.25, 0.3) is 0 Å². The van der Waals surface area contributed by atoms with Gasteiger partial charge in [0.25, 0.3) is 5.91 Å². The first-order valence-corrected chi connectivity index (χ1v) is 6.37. The quantitative estimate of drug-likeness (QED) is 0.939. The first kappa shape index (κ1) is 14.3. The van der Waals surface area contributed by atoms with Crippen molar-refractivity contribution in [2.45, 2.75) is 13.5 Å². The van der Waals surface area contributed by atoms with Gasteiger partial charge in [0.1, 0.15) is 0 Å². The van der Waals surface area contributed by atoms with E-state index in [1.54, 1.807) is 31.5 Å². The number of nitrogens with one attached hydrogen (secondary N) is 1. The molecule has 0 spiro atoms. The molecule has 2 heterocycles. The summed E-state index contributed by atoms with van der Waals surface area (Å²) in [5, 5.41) is 3.17. The molecule has 2 rings (SSSR count). The van der Waals surface area contributed by atoms with Crippen LogP contribution in [0.5, 0.6) is 5.88 Å². The number of aryl methyl sites for hydroxylation is 1. The molecular formula is C14H14ClN3O2. The van der Waals surface area contributed by atoms with Crippen LogP contribution in [-0.4, -0.2) is 23.0 Å². The Morgan fingerprint density at radius 1 is 1.40 bits per heavy atom. The number of methoxy groups -OCH3 is 1. The summed E-state index contributed by atoms with van der Waals surface area (Å²) in [6, 6.07) is 5.22. The maximum absolute atomic E-state index is 12.0. The molecule has 0 atom stereocenters. The predicted molar refractivity (Wildman–Crippen MR) is 75.9 cm³/mol. The third-order valence-corrected chi connectivity index (χ3v) is 3.01. The highest BCUT2D eigenvalue weighted by molar-refractivity contribution is 6.33. The van der Waals surface area contributed by atoms with Gasteiger partial charge in [-0.2, -0.15) is 0 Å². The molecule has 2 aromatic rings. The molecule has 6 heteroatoms. The van der Waals surface area contributed by atoms with Gasteiger partial charge in [0.05, 0.1) is 17.7 Å². The fourth-order valence-corrected chi connectivity index (χ4v) is 1.94. The van der Waals surface area contributed by atoms with Gasteiger partial charge in [-0.25, -0.2) is 4.98 Å². The third-order valence-electron chi connectivity index (χ3n) is 2.70. The highest BCUT2D eigenvalue weighted by Crippen LogP contribution is 2.16. The largest absolute Gasteiger partial charge is 0.481 e. The third kappa shape index (κ3) is 3.45. The maximum atomic E-state index is 12.0. The number of amides is 1. The lowest BCUT2D eigenvalue weighted by Crippen LogP contribution is -2.23. The number of nitrogens with zero attached hydrogens (tertiary/aromatic N) is 2. The average Bonchev–Trinajstić information content (AvgIpc) is 2.45. The fourth-order valence-electron chi connectivity index (χ4n) is 1.64. The molecule has 0 aliphatic rings. The van der Waals surface area contributed by atoms with Crippen molar-refractivity contribution in [3.63, 3.8) is 0 Å². The number of aromatic nitrogens is 2. The molecule has 5 nitrogen and oxygen atoms in total. The highest BCUT2D eigenvalue weighted by atomic mass is 35.5. The topological polar surface area (TPSA) is 64.1 Å². The Morgan fingerprint density at radius 2 is 2.20 bits per heavy atom. The number of halogens is 1. The normalized spacial score (nSPS) is 10.2. The van der Waals surface area contributed by atoms with Crippen LogP contribution in [-0.2, 0) is 6.54 Å². The zero-order valence-corrected chi connectivity index (χ0v) is 11.9. The van der Waals surface area contributed by atoms with E-state index in [-0.39, 0.29) is 5.91 Å². The molecule has 0 aromatic carbocycles. The van der Waals surface area contributed by atoms with Crippen LogP contribution < -0.4 is 10.1 Å². The fraction of sp³-hybridized carbons (Fsp3) is 0.214. The number of carbonyl (C=O) groups is 1. The minimum atomic E-state index is -0.265. The predicted octanol–water partition coefficient (Wildman–Crippen LogP) is 2.38. The van der Waals surface area contributed by atoms with Gasteiger partial charge < -0.3 is 10.1 Å². The van der Waals surface area contributed by atoms with Crippen molar-refractivity contribution in [1.82, 2.24) is 15.3 Å². The highest BCUT2D eigenvalue weighted by Gasteiger charge is 2.11. The summed E-state index contributed by atoms with van der Waals surface area (Å²) in [7, 11) is 1.54. The van der Waals surface area contributed by atoms with Gasteiger partial charge in [-0.15, -0.1) is 0 Å². The number of rotatable bonds is 4. The molecule has 0 saturated carbocycles. The first-order chi connectivity index (χ1) is 9.60. The van der Waals surface area contributed by atoms with Crippen molar-refractivity contribution < 1.29 is 9.53 Å². The lowest BCUT2D eigenvalue weighted by Gasteiger charge is -2.07. The summed E-state index contributed by atoms with van der Waals surface area (Å²) in [6.45, 7) is 2.18. The molecule has 1 N–H and O–H groups in total. The number of hydrogen-bond acceptors (Lipinski definition) is 4. The zero-order valence-electron chi connectivity index (χ0n) is 11.2. The van der Waals surface area contributed by atoms with Crippen LogP contribution in [0.3, 0.4) is 0 Å². The second-order valence-electron chi connectivity index (χ2n) is 4.19. The monoisotopic (exact) mass is 291 g/mol. The molecule has 0 fully saturated rings. The number of ether oxygens (including phenoxy) is 1. The summed E-state index contributed by atoms with van der Waals surface area (Å²) in [5.74, 6) is 0.241. The van der Waals surface area contributed by atoms with Crippen molar-refractivity contribution in [3.05, 3.63) is 52.4 Å². The van der Waals surface area contributed by atoms with E-state index in [1.807, 2.05) is 6.92 Å². The Morgan fingerprint density at radius 3 is 2.90 bits per heavy atom. The Balaban J connectivity index is 2.04. The summed E-state index contributed by atoms with van der Waals surface area (Å²) in [4.78, 5) is 20.1. The van der Waals surface area contributed by atoms with Crippen LogP contribution in [0, 0.1) is 6.92 Å². The average molecular weight is 292 g/mol. The summed E-state index contributed by atoms with van der Waals surface area (Å²) in [5.41, 5.74) is 2.02. The van der Waals surface area contributed by atoms with E-state index < -0.39 is 0 Å². The summed E-state index contributed by atoms with van der Waals surface area (Å²) >= 11 is 6.02. The summed E-state index contributed by atoms with van der Waals surface area (Å²) in [6.07, 6.45) is 3.10. The molecule has 20 heavy (non-hydrogen) atoms. The van der Waals surface area contributed by atoms with Gasteiger partial charge in [-0.3, -0.25) is 9.78 Å². The summed E-state index contributed by atoms with van der Waals surface area (Å²) < 4.78 is 5.02. The van der Waals surface area contributed by atoms with E-state index in [1.165, 1.54) is 6.20 Å². The number of hydrogen-bond donors (Lipinski definition) is 1. The van der Waals surface area contributed by atoms with Crippen LogP contribution in [0.1, 0.15) is 21.6 Å². The van der Waals surface area contributed by atoms with E-state index in [0.29, 0.717) is 23.0 Å². The van der Waals surface area contributed by atoms with E-state index in [4.69, 9.17) is 16.3 Å². The Hall–Kier alpha value is -2.14. The second-order valence-corrected chi connectivity index (χ2v) is 4.60. The van der Waals surface area contributed by atoms with Gasteiger partial charge in [0, 0.05) is 30.7 Å².